The van der Waals surface area contributed by atoms with Crippen molar-refractivity contribution in [2.24, 2.45) is 10.9 Å². The largest absolute Gasteiger partial charge is 0.444 e. The monoisotopic (exact) mass is 384 g/mol. The van der Waals surface area contributed by atoms with Gasteiger partial charge >= 0.3 is 6.09 Å². The molecule has 150 valence electrons. The molecule has 2 rings (SSSR count). The van der Waals surface area contributed by atoms with E-state index in [1.54, 1.807) is 0 Å². The average Bonchev–Trinajstić information content (AvgIpc) is 3.05. The standard InChI is InChI=1S/C19H36N4O2S/c1-19(2,3)25-18(24)23-10-8-14(9-11-23)13-21-17(20-4)22-15-6-7-16(12-15)26-5/h14-16H,6-13H2,1-5H3,(H2,20,21,22). The molecule has 26 heavy (non-hydrogen) atoms. The minimum Gasteiger partial charge on any atom is -0.444 e. The van der Waals surface area contributed by atoms with Crippen LogP contribution in [-0.4, -0.2) is 66.8 Å². The van der Waals surface area contributed by atoms with Gasteiger partial charge in [0, 0.05) is 38.0 Å². The van der Waals surface area contributed by atoms with E-state index in [0.717, 1.165) is 43.7 Å². The third-order valence-electron chi connectivity index (χ3n) is 5.11. The van der Waals surface area contributed by atoms with Crippen molar-refractivity contribution in [1.82, 2.24) is 15.5 Å². The van der Waals surface area contributed by atoms with E-state index in [2.05, 4.69) is 21.9 Å². The summed E-state index contributed by atoms with van der Waals surface area (Å²) in [4.78, 5) is 18.3. The van der Waals surface area contributed by atoms with Gasteiger partial charge in [0.2, 0.25) is 0 Å². The van der Waals surface area contributed by atoms with E-state index in [-0.39, 0.29) is 6.09 Å². The smallest absolute Gasteiger partial charge is 0.410 e. The van der Waals surface area contributed by atoms with E-state index in [1.165, 1.54) is 19.3 Å². The van der Waals surface area contributed by atoms with Crippen molar-refractivity contribution in [3.05, 3.63) is 0 Å². The molecule has 0 aromatic rings. The van der Waals surface area contributed by atoms with E-state index in [0.29, 0.717) is 12.0 Å². The van der Waals surface area contributed by atoms with Crippen molar-refractivity contribution in [3.8, 4) is 0 Å². The number of likely N-dealkylation sites (tertiary alicyclic amines) is 1. The number of amides is 1. The third kappa shape index (κ3) is 6.89. The quantitative estimate of drug-likeness (QED) is 0.576. The molecule has 1 aliphatic carbocycles. The molecule has 2 N–H and O–H groups in total. The van der Waals surface area contributed by atoms with Crippen LogP contribution in [0.2, 0.25) is 0 Å². The van der Waals surface area contributed by atoms with Gasteiger partial charge in [-0.3, -0.25) is 4.99 Å². The number of guanidine groups is 1. The van der Waals surface area contributed by atoms with Gasteiger partial charge in [-0.25, -0.2) is 4.79 Å². The highest BCUT2D eigenvalue weighted by molar-refractivity contribution is 7.99. The molecule has 2 unspecified atom stereocenters. The molecule has 1 aliphatic heterocycles. The number of aliphatic imine (C=N–C) groups is 1. The highest BCUT2D eigenvalue weighted by atomic mass is 32.2. The molecule has 1 saturated carbocycles. The zero-order chi connectivity index (χ0) is 19.2. The van der Waals surface area contributed by atoms with Crippen molar-refractivity contribution < 1.29 is 9.53 Å². The first-order valence-electron chi connectivity index (χ1n) is 9.78. The highest BCUT2D eigenvalue weighted by Gasteiger charge is 2.27. The third-order valence-corrected chi connectivity index (χ3v) is 6.20. The number of carbonyl (C=O) groups excluding carboxylic acids is 1. The summed E-state index contributed by atoms with van der Waals surface area (Å²) in [6.45, 7) is 8.17. The molecule has 2 fully saturated rings. The number of rotatable bonds is 4. The van der Waals surface area contributed by atoms with Crippen LogP contribution in [0.15, 0.2) is 4.99 Å². The van der Waals surface area contributed by atoms with Crippen LogP contribution in [0.3, 0.4) is 0 Å². The van der Waals surface area contributed by atoms with Gasteiger partial charge in [0.25, 0.3) is 0 Å². The van der Waals surface area contributed by atoms with Crippen LogP contribution in [0.25, 0.3) is 0 Å². The lowest BCUT2D eigenvalue weighted by atomic mass is 9.97. The Bertz CT molecular complexity index is 484. The van der Waals surface area contributed by atoms with Crippen LogP contribution in [0.5, 0.6) is 0 Å². The minimum atomic E-state index is -0.427. The SMILES string of the molecule is CN=C(NCC1CCN(C(=O)OC(C)(C)C)CC1)NC1CCC(SC)C1. The molecule has 1 heterocycles. The van der Waals surface area contributed by atoms with Crippen LogP contribution in [0.1, 0.15) is 52.9 Å². The van der Waals surface area contributed by atoms with Crippen LogP contribution >= 0.6 is 11.8 Å². The normalized spacial score (nSPS) is 25.3. The molecule has 0 aromatic carbocycles. The zero-order valence-corrected chi connectivity index (χ0v) is 17.8. The molecule has 0 aromatic heterocycles. The fourth-order valence-electron chi connectivity index (χ4n) is 3.56. The lowest BCUT2D eigenvalue weighted by molar-refractivity contribution is 0.0185. The van der Waals surface area contributed by atoms with Crippen molar-refractivity contribution in [3.63, 3.8) is 0 Å². The van der Waals surface area contributed by atoms with Gasteiger partial charge in [0.15, 0.2) is 5.96 Å². The second kappa shape index (κ2) is 9.72. The van der Waals surface area contributed by atoms with E-state index in [4.69, 9.17) is 4.74 Å². The Balaban J connectivity index is 1.68. The fraction of sp³-hybridized carbons (Fsp3) is 0.895. The Morgan fingerprint density at radius 2 is 1.92 bits per heavy atom. The molecular formula is C19H36N4O2S. The van der Waals surface area contributed by atoms with E-state index in [1.807, 2.05) is 44.5 Å². The Morgan fingerprint density at radius 3 is 2.46 bits per heavy atom. The molecule has 0 bridgehead atoms. The van der Waals surface area contributed by atoms with Crippen molar-refractivity contribution >= 4 is 23.8 Å². The number of hydrogen-bond donors (Lipinski definition) is 2. The number of thioether (sulfide) groups is 1. The molecule has 0 spiro atoms. The van der Waals surface area contributed by atoms with Crippen LogP contribution in [0.4, 0.5) is 4.79 Å². The average molecular weight is 385 g/mol. The number of nitrogens with zero attached hydrogens (tertiary/aromatic N) is 2. The molecular weight excluding hydrogens is 348 g/mol. The lowest BCUT2D eigenvalue weighted by Gasteiger charge is -2.33. The van der Waals surface area contributed by atoms with Crippen molar-refractivity contribution in [1.29, 1.82) is 0 Å². The summed E-state index contributed by atoms with van der Waals surface area (Å²) in [6.07, 6.45) is 7.74. The van der Waals surface area contributed by atoms with Crippen LogP contribution in [0, 0.1) is 5.92 Å². The molecule has 0 radical (unpaired) electrons. The van der Waals surface area contributed by atoms with Gasteiger partial charge in [0.1, 0.15) is 5.60 Å². The van der Waals surface area contributed by atoms with E-state index >= 15 is 0 Å². The summed E-state index contributed by atoms with van der Waals surface area (Å²) in [7, 11) is 1.83. The molecule has 2 atom stereocenters. The van der Waals surface area contributed by atoms with E-state index < -0.39 is 5.60 Å². The first kappa shape index (κ1) is 21.2. The topological polar surface area (TPSA) is 66.0 Å². The molecule has 1 amide bonds. The minimum absolute atomic E-state index is 0.189. The van der Waals surface area contributed by atoms with Gasteiger partial charge in [-0.15, -0.1) is 0 Å². The first-order valence-corrected chi connectivity index (χ1v) is 11.1. The van der Waals surface area contributed by atoms with E-state index in [9.17, 15) is 4.79 Å². The summed E-state index contributed by atoms with van der Waals surface area (Å²) >= 11 is 1.97. The maximum Gasteiger partial charge on any atom is 0.410 e. The maximum atomic E-state index is 12.1. The predicted octanol–water partition coefficient (Wildman–Crippen LogP) is 3.08. The number of piperidine rings is 1. The highest BCUT2D eigenvalue weighted by Crippen LogP contribution is 2.28. The van der Waals surface area contributed by atoms with Gasteiger partial charge in [0.05, 0.1) is 0 Å². The summed E-state index contributed by atoms with van der Waals surface area (Å²) in [5, 5.41) is 7.82. The lowest BCUT2D eigenvalue weighted by Crippen LogP contribution is -2.47. The van der Waals surface area contributed by atoms with Crippen LogP contribution < -0.4 is 10.6 Å². The van der Waals surface area contributed by atoms with Gasteiger partial charge < -0.3 is 20.3 Å². The Labute approximate surface area is 162 Å². The first-order chi connectivity index (χ1) is 12.3. The number of ether oxygens (including phenoxy) is 1. The molecule has 7 heteroatoms. The Kier molecular flexibility index (Phi) is 7.92. The second-order valence-electron chi connectivity index (χ2n) is 8.38. The number of carbonyl (C=O) groups is 1. The van der Waals surface area contributed by atoms with Gasteiger partial charge in [-0.1, -0.05) is 0 Å². The number of hydrogen-bond acceptors (Lipinski definition) is 4. The summed E-state index contributed by atoms with van der Waals surface area (Å²) in [5.41, 5.74) is -0.427. The molecule has 2 aliphatic rings. The number of nitrogens with one attached hydrogen (secondary N) is 2. The van der Waals surface area contributed by atoms with Crippen LogP contribution in [-0.2, 0) is 4.74 Å². The second-order valence-corrected chi connectivity index (χ2v) is 9.51. The van der Waals surface area contributed by atoms with Gasteiger partial charge in [-0.05, 0) is 65.0 Å². The van der Waals surface area contributed by atoms with Crippen molar-refractivity contribution in [2.75, 3.05) is 32.9 Å². The molecule has 6 nitrogen and oxygen atoms in total. The fourth-order valence-corrected chi connectivity index (χ4v) is 4.36. The predicted molar refractivity (Wildman–Crippen MR) is 110 cm³/mol. The zero-order valence-electron chi connectivity index (χ0n) is 17.0. The van der Waals surface area contributed by atoms with Gasteiger partial charge in [-0.2, -0.15) is 11.8 Å². The Morgan fingerprint density at radius 1 is 1.23 bits per heavy atom. The summed E-state index contributed by atoms with van der Waals surface area (Å²) in [6, 6.07) is 0.535. The summed E-state index contributed by atoms with van der Waals surface area (Å²) < 4.78 is 5.46. The summed E-state index contributed by atoms with van der Waals surface area (Å²) in [5.74, 6) is 1.47. The molecule has 1 saturated heterocycles. The van der Waals surface area contributed by atoms with Crippen molar-refractivity contribution in [2.45, 2.75) is 69.8 Å². The maximum absolute atomic E-state index is 12.1. The Hall–Kier alpha value is -1.11.